The third kappa shape index (κ3) is 4.78. The van der Waals surface area contributed by atoms with Gasteiger partial charge in [-0.2, -0.15) is 0 Å². The normalized spacial score (nSPS) is 10.3. The summed E-state index contributed by atoms with van der Waals surface area (Å²) in [5.74, 6) is 1.72. The predicted octanol–water partition coefficient (Wildman–Crippen LogP) is 3.72. The van der Waals surface area contributed by atoms with Crippen LogP contribution >= 0.6 is 0 Å². The molecule has 0 atom stereocenters. The molecule has 140 valence electrons. The maximum absolute atomic E-state index is 12.0. The van der Waals surface area contributed by atoms with Gasteiger partial charge in [0, 0.05) is 30.3 Å². The highest BCUT2D eigenvalue weighted by Gasteiger charge is 2.09. The van der Waals surface area contributed by atoms with Crippen molar-refractivity contribution in [3.05, 3.63) is 60.5 Å². The Morgan fingerprint density at radius 3 is 2.59 bits per heavy atom. The molecule has 7 nitrogen and oxygen atoms in total. The van der Waals surface area contributed by atoms with Gasteiger partial charge in [-0.15, -0.1) is 0 Å². The molecule has 0 unspecified atom stereocenters. The summed E-state index contributed by atoms with van der Waals surface area (Å²) in [5, 5.41) is 5.55. The van der Waals surface area contributed by atoms with Gasteiger partial charge >= 0.3 is 6.03 Å². The van der Waals surface area contributed by atoms with Gasteiger partial charge in [-0.1, -0.05) is 18.2 Å². The van der Waals surface area contributed by atoms with Crippen molar-refractivity contribution in [2.75, 3.05) is 26.1 Å². The average molecular weight is 367 g/mol. The van der Waals surface area contributed by atoms with Gasteiger partial charge in [0.15, 0.2) is 11.5 Å². The van der Waals surface area contributed by atoms with Crippen molar-refractivity contribution in [2.45, 2.75) is 6.42 Å². The average Bonchev–Trinajstić information content (AvgIpc) is 3.17. The van der Waals surface area contributed by atoms with Crippen LogP contribution in [0.4, 0.5) is 10.5 Å². The number of hydrogen-bond donors (Lipinski definition) is 2. The zero-order valence-corrected chi connectivity index (χ0v) is 15.2. The largest absolute Gasteiger partial charge is 0.493 e. The van der Waals surface area contributed by atoms with Gasteiger partial charge in [0.1, 0.15) is 6.26 Å². The minimum Gasteiger partial charge on any atom is -0.493 e. The quantitative estimate of drug-likeness (QED) is 0.665. The number of carbonyl (C=O) groups excluding carboxylic acids is 1. The fourth-order valence-electron chi connectivity index (χ4n) is 2.53. The molecule has 0 bridgehead atoms. The third-order valence-corrected chi connectivity index (χ3v) is 3.88. The number of methoxy groups -OCH3 is 2. The van der Waals surface area contributed by atoms with E-state index in [2.05, 4.69) is 15.6 Å². The molecule has 2 N–H and O–H groups in total. The molecule has 0 radical (unpaired) electrons. The highest BCUT2D eigenvalue weighted by molar-refractivity contribution is 5.89. The molecular weight excluding hydrogens is 346 g/mol. The van der Waals surface area contributed by atoms with Crippen molar-refractivity contribution in [1.29, 1.82) is 0 Å². The first kappa shape index (κ1) is 18.3. The predicted molar refractivity (Wildman–Crippen MR) is 102 cm³/mol. The Labute approximate surface area is 157 Å². The van der Waals surface area contributed by atoms with Crippen molar-refractivity contribution in [2.24, 2.45) is 0 Å². The number of urea groups is 1. The maximum Gasteiger partial charge on any atom is 0.319 e. The molecule has 1 heterocycles. The van der Waals surface area contributed by atoms with Gasteiger partial charge in [-0.05, 0) is 24.3 Å². The van der Waals surface area contributed by atoms with E-state index in [4.69, 9.17) is 13.9 Å². The van der Waals surface area contributed by atoms with Crippen LogP contribution in [0.15, 0.2) is 59.2 Å². The van der Waals surface area contributed by atoms with Crippen LogP contribution in [-0.2, 0) is 6.42 Å². The summed E-state index contributed by atoms with van der Waals surface area (Å²) in [7, 11) is 3.11. The van der Waals surface area contributed by atoms with Crippen molar-refractivity contribution >= 4 is 11.7 Å². The first-order chi connectivity index (χ1) is 13.2. The summed E-state index contributed by atoms with van der Waals surface area (Å²) in [6.07, 6.45) is 2.17. The lowest BCUT2D eigenvalue weighted by atomic mass is 10.2. The number of anilines is 1. The van der Waals surface area contributed by atoms with Gasteiger partial charge in [0.2, 0.25) is 5.89 Å². The third-order valence-electron chi connectivity index (χ3n) is 3.88. The van der Waals surface area contributed by atoms with E-state index in [0.29, 0.717) is 36.0 Å². The molecule has 0 aliphatic carbocycles. The highest BCUT2D eigenvalue weighted by atomic mass is 16.5. The van der Waals surface area contributed by atoms with Crippen LogP contribution in [0, 0.1) is 0 Å². The summed E-state index contributed by atoms with van der Waals surface area (Å²) < 4.78 is 15.9. The fourth-order valence-corrected chi connectivity index (χ4v) is 2.53. The van der Waals surface area contributed by atoms with Crippen LogP contribution < -0.4 is 20.1 Å². The topological polar surface area (TPSA) is 85.6 Å². The van der Waals surface area contributed by atoms with Gasteiger partial charge in [-0.3, -0.25) is 0 Å². The Balaban J connectivity index is 1.49. The number of benzene rings is 2. The number of rotatable bonds is 7. The van der Waals surface area contributed by atoms with Crippen molar-refractivity contribution in [3.63, 3.8) is 0 Å². The van der Waals surface area contributed by atoms with Crippen molar-refractivity contribution in [3.8, 4) is 23.0 Å². The molecular formula is C20H21N3O4. The zero-order valence-electron chi connectivity index (χ0n) is 15.2. The molecule has 0 spiro atoms. The van der Waals surface area contributed by atoms with Gasteiger partial charge in [-0.25, -0.2) is 9.78 Å². The van der Waals surface area contributed by atoms with E-state index in [0.717, 1.165) is 11.3 Å². The van der Waals surface area contributed by atoms with E-state index < -0.39 is 0 Å². The molecule has 27 heavy (non-hydrogen) atoms. The summed E-state index contributed by atoms with van der Waals surface area (Å²) in [4.78, 5) is 16.5. The number of carbonyl (C=O) groups is 1. The second kappa shape index (κ2) is 8.75. The Morgan fingerprint density at radius 2 is 1.85 bits per heavy atom. The molecule has 0 saturated carbocycles. The summed E-state index contributed by atoms with van der Waals surface area (Å²) in [6.45, 7) is 0.430. The molecule has 0 aliphatic rings. The van der Waals surface area contributed by atoms with Crippen molar-refractivity contribution in [1.82, 2.24) is 10.3 Å². The molecule has 3 aromatic rings. The Morgan fingerprint density at radius 1 is 1.07 bits per heavy atom. The molecule has 2 amide bonds. The van der Waals surface area contributed by atoms with E-state index in [1.54, 1.807) is 38.7 Å². The van der Waals surface area contributed by atoms with E-state index in [1.165, 1.54) is 0 Å². The number of nitrogens with one attached hydrogen (secondary N) is 2. The maximum atomic E-state index is 12.0. The Hall–Kier alpha value is -3.48. The molecule has 0 fully saturated rings. The second-order valence-corrected chi connectivity index (χ2v) is 5.71. The molecule has 2 aromatic carbocycles. The van der Waals surface area contributed by atoms with Crippen LogP contribution in [-0.4, -0.2) is 31.8 Å². The number of aromatic nitrogens is 1. The number of amides is 2. The summed E-state index contributed by atoms with van der Waals surface area (Å²) in [6, 6.07) is 14.5. The Kier molecular flexibility index (Phi) is 5.94. The van der Waals surface area contributed by atoms with Crippen LogP contribution in [0.1, 0.15) is 5.69 Å². The SMILES string of the molecule is COc1ccc(NC(=O)NCCc2coc(-c3ccccc3)n2)cc1OC. The van der Waals surface area contributed by atoms with E-state index in [9.17, 15) is 4.79 Å². The lowest BCUT2D eigenvalue weighted by Crippen LogP contribution is -2.30. The highest BCUT2D eigenvalue weighted by Crippen LogP contribution is 2.29. The monoisotopic (exact) mass is 367 g/mol. The number of hydrogen-bond acceptors (Lipinski definition) is 5. The molecule has 0 saturated heterocycles. The number of nitrogens with zero attached hydrogens (tertiary/aromatic N) is 1. The molecule has 3 rings (SSSR count). The van der Waals surface area contributed by atoms with Crippen LogP contribution in [0.25, 0.3) is 11.5 Å². The van der Waals surface area contributed by atoms with E-state index in [1.807, 2.05) is 30.3 Å². The zero-order chi connectivity index (χ0) is 19.1. The van der Waals surface area contributed by atoms with Gasteiger partial charge < -0.3 is 24.5 Å². The first-order valence-corrected chi connectivity index (χ1v) is 8.46. The van der Waals surface area contributed by atoms with Gasteiger partial charge in [0.25, 0.3) is 0 Å². The van der Waals surface area contributed by atoms with E-state index >= 15 is 0 Å². The summed E-state index contributed by atoms with van der Waals surface area (Å²) >= 11 is 0. The van der Waals surface area contributed by atoms with Crippen LogP contribution in [0.5, 0.6) is 11.5 Å². The smallest absolute Gasteiger partial charge is 0.319 e. The standard InChI is InChI=1S/C20H21N3O4/c1-25-17-9-8-15(12-18(17)26-2)23-20(24)21-11-10-16-13-27-19(22-16)14-6-4-3-5-7-14/h3-9,12-13H,10-11H2,1-2H3,(H2,21,23,24). The first-order valence-electron chi connectivity index (χ1n) is 8.46. The number of oxazole rings is 1. The fraction of sp³-hybridized carbons (Fsp3) is 0.200. The van der Waals surface area contributed by atoms with E-state index in [-0.39, 0.29) is 6.03 Å². The molecule has 7 heteroatoms. The Bertz CT molecular complexity index is 893. The van der Waals surface area contributed by atoms with Crippen LogP contribution in [0.3, 0.4) is 0 Å². The molecule has 0 aliphatic heterocycles. The second-order valence-electron chi connectivity index (χ2n) is 5.71. The summed E-state index contributed by atoms with van der Waals surface area (Å²) in [5.41, 5.74) is 2.31. The van der Waals surface area contributed by atoms with Crippen molar-refractivity contribution < 1.29 is 18.7 Å². The number of ether oxygens (including phenoxy) is 2. The minimum absolute atomic E-state index is 0.311. The lowest BCUT2D eigenvalue weighted by Gasteiger charge is -2.11. The van der Waals surface area contributed by atoms with Gasteiger partial charge in [0.05, 0.1) is 19.9 Å². The molecule has 1 aromatic heterocycles. The van der Waals surface area contributed by atoms with Crippen LogP contribution in [0.2, 0.25) is 0 Å². The lowest BCUT2D eigenvalue weighted by molar-refractivity contribution is 0.252. The minimum atomic E-state index is -0.311.